The minimum Gasteiger partial charge on any atom is -0.383 e. The average Bonchev–Trinajstić information content (AvgIpc) is 2.22. The van der Waals surface area contributed by atoms with Crippen molar-refractivity contribution in [2.24, 2.45) is 5.73 Å². The molecule has 0 radical (unpaired) electrons. The third kappa shape index (κ3) is 8.90. The van der Waals surface area contributed by atoms with Gasteiger partial charge in [-0.1, -0.05) is 0 Å². The third-order valence-electron chi connectivity index (χ3n) is 1.81. The van der Waals surface area contributed by atoms with Gasteiger partial charge in [-0.3, -0.25) is 4.79 Å². The minimum absolute atomic E-state index is 0.231. The lowest BCUT2D eigenvalue weighted by atomic mass is 10.4. The monoisotopic (exact) mass is 258 g/mol. The van der Waals surface area contributed by atoms with Crippen LogP contribution in [0, 0.1) is 0 Å². The Morgan fingerprint density at radius 3 is 2.47 bits per heavy atom. The molecule has 8 heteroatoms. The molecule has 0 aromatic rings. The predicted molar refractivity (Wildman–Crippen MR) is 54.4 cm³/mol. The van der Waals surface area contributed by atoms with E-state index in [-0.39, 0.29) is 19.6 Å². The average molecular weight is 258 g/mol. The van der Waals surface area contributed by atoms with Gasteiger partial charge in [0.05, 0.1) is 6.61 Å². The first kappa shape index (κ1) is 16.1. The van der Waals surface area contributed by atoms with Crippen LogP contribution < -0.4 is 5.73 Å². The van der Waals surface area contributed by atoms with Crippen molar-refractivity contribution in [2.45, 2.75) is 6.18 Å². The summed E-state index contributed by atoms with van der Waals surface area (Å²) in [5.41, 5.74) is 5.28. The van der Waals surface area contributed by atoms with E-state index in [0.29, 0.717) is 6.61 Å². The van der Waals surface area contributed by atoms with Crippen molar-refractivity contribution in [1.29, 1.82) is 0 Å². The number of methoxy groups -OCH3 is 1. The highest BCUT2D eigenvalue weighted by molar-refractivity contribution is 5.77. The van der Waals surface area contributed by atoms with Crippen molar-refractivity contribution in [2.75, 3.05) is 46.6 Å². The summed E-state index contributed by atoms with van der Waals surface area (Å²) < 4.78 is 44.3. The maximum absolute atomic E-state index is 11.8. The van der Waals surface area contributed by atoms with E-state index in [2.05, 4.69) is 4.74 Å². The van der Waals surface area contributed by atoms with Gasteiger partial charge in [-0.25, -0.2) is 0 Å². The molecule has 0 rings (SSSR count). The number of carbonyl (C=O) groups is 1. The lowest BCUT2D eigenvalue weighted by Crippen LogP contribution is -2.40. The van der Waals surface area contributed by atoms with Crippen LogP contribution in [0.15, 0.2) is 0 Å². The third-order valence-corrected chi connectivity index (χ3v) is 1.81. The Kier molecular flexibility index (Phi) is 7.85. The van der Waals surface area contributed by atoms with Gasteiger partial charge in [-0.2, -0.15) is 13.2 Å². The first-order chi connectivity index (χ1) is 7.90. The number of hydrogen-bond donors (Lipinski definition) is 1. The van der Waals surface area contributed by atoms with Crippen molar-refractivity contribution >= 4 is 5.91 Å². The highest BCUT2D eigenvalue weighted by atomic mass is 19.4. The molecule has 0 aromatic heterocycles. The Morgan fingerprint density at radius 2 is 2.00 bits per heavy atom. The summed E-state index contributed by atoms with van der Waals surface area (Å²) in [6.45, 7) is -0.970. The molecule has 0 saturated carbocycles. The van der Waals surface area contributed by atoms with Gasteiger partial charge >= 0.3 is 6.18 Å². The van der Waals surface area contributed by atoms with Gasteiger partial charge < -0.3 is 20.1 Å². The van der Waals surface area contributed by atoms with Crippen LogP contribution in [-0.2, 0) is 14.3 Å². The molecule has 0 atom stereocenters. The Balaban J connectivity index is 3.96. The van der Waals surface area contributed by atoms with Gasteiger partial charge in [0.15, 0.2) is 0 Å². The molecule has 0 saturated heterocycles. The first-order valence-electron chi connectivity index (χ1n) is 5.02. The standard InChI is InChI=1S/C9H17F3N2O3/c1-16-5-4-14(3-2-13)8(15)6-17-7-9(10,11)12/h2-7,13H2,1H3. The predicted octanol–water partition coefficient (Wildman–Crippen LogP) is -0.001000. The molecule has 5 nitrogen and oxygen atoms in total. The first-order valence-corrected chi connectivity index (χ1v) is 5.02. The molecule has 0 aromatic carbocycles. The second kappa shape index (κ2) is 8.26. The molecule has 0 spiro atoms. The van der Waals surface area contributed by atoms with Gasteiger partial charge in [0.2, 0.25) is 5.91 Å². The summed E-state index contributed by atoms with van der Waals surface area (Å²) in [5.74, 6) is -0.531. The maximum atomic E-state index is 11.8. The van der Waals surface area contributed by atoms with E-state index in [1.54, 1.807) is 0 Å². The van der Waals surface area contributed by atoms with E-state index in [0.717, 1.165) is 0 Å². The van der Waals surface area contributed by atoms with Gasteiger partial charge in [0.25, 0.3) is 0 Å². The molecule has 1 amide bonds. The zero-order valence-electron chi connectivity index (χ0n) is 9.63. The van der Waals surface area contributed by atoms with Crippen LogP contribution in [-0.4, -0.2) is 63.5 Å². The van der Waals surface area contributed by atoms with Gasteiger partial charge in [-0.15, -0.1) is 0 Å². The van der Waals surface area contributed by atoms with Gasteiger partial charge in [0.1, 0.15) is 13.2 Å². The molecule has 2 N–H and O–H groups in total. The topological polar surface area (TPSA) is 64.8 Å². The lowest BCUT2D eigenvalue weighted by molar-refractivity contribution is -0.177. The Labute approximate surface area is 97.6 Å². The van der Waals surface area contributed by atoms with Crippen LogP contribution in [0.1, 0.15) is 0 Å². The second-order valence-electron chi connectivity index (χ2n) is 3.27. The van der Waals surface area contributed by atoms with E-state index >= 15 is 0 Å². The van der Waals surface area contributed by atoms with Crippen LogP contribution in [0.2, 0.25) is 0 Å². The molecule has 0 aliphatic heterocycles. The van der Waals surface area contributed by atoms with Crippen LogP contribution >= 0.6 is 0 Å². The Bertz CT molecular complexity index is 224. The molecule has 0 unspecified atom stereocenters. The summed E-state index contributed by atoms with van der Waals surface area (Å²) in [7, 11) is 1.46. The molecule has 0 fully saturated rings. The van der Waals surface area contributed by atoms with Crippen molar-refractivity contribution in [1.82, 2.24) is 4.90 Å². The van der Waals surface area contributed by atoms with E-state index < -0.39 is 25.3 Å². The maximum Gasteiger partial charge on any atom is 0.411 e. The van der Waals surface area contributed by atoms with Crippen LogP contribution in [0.4, 0.5) is 13.2 Å². The van der Waals surface area contributed by atoms with Gasteiger partial charge in [-0.05, 0) is 0 Å². The fourth-order valence-electron chi connectivity index (χ4n) is 1.06. The molecule has 102 valence electrons. The quantitative estimate of drug-likeness (QED) is 0.665. The molecular formula is C9H17F3N2O3. The summed E-state index contributed by atoms with van der Waals surface area (Å²) in [6.07, 6.45) is -4.43. The van der Waals surface area contributed by atoms with Crippen molar-refractivity contribution in [3.63, 3.8) is 0 Å². The van der Waals surface area contributed by atoms with Crippen LogP contribution in [0.5, 0.6) is 0 Å². The number of nitrogens with zero attached hydrogens (tertiary/aromatic N) is 1. The number of halogens is 3. The molecule has 17 heavy (non-hydrogen) atoms. The fourth-order valence-corrected chi connectivity index (χ4v) is 1.06. The van der Waals surface area contributed by atoms with Crippen LogP contribution in [0.3, 0.4) is 0 Å². The number of amides is 1. The number of rotatable bonds is 8. The number of nitrogens with two attached hydrogens (primary N) is 1. The molecule has 0 bridgehead atoms. The van der Waals surface area contributed by atoms with Crippen LogP contribution in [0.25, 0.3) is 0 Å². The highest BCUT2D eigenvalue weighted by Crippen LogP contribution is 2.14. The number of ether oxygens (including phenoxy) is 2. The van der Waals surface area contributed by atoms with Gasteiger partial charge in [0, 0.05) is 26.7 Å². The second-order valence-corrected chi connectivity index (χ2v) is 3.27. The van der Waals surface area contributed by atoms with Crippen molar-refractivity contribution < 1.29 is 27.4 Å². The minimum atomic E-state index is -4.43. The smallest absolute Gasteiger partial charge is 0.383 e. The summed E-state index contributed by atoms with van der Waals surface area (Å²) in [6, 6.07) is 0. The van der Waals surface area contributed by atoms with E-state index in [1.807, 2.05) is 0 Å². The molecular weight excluding hydrogens is 241 g/mol. The Hall–Kier alpha value is -0.860. The van der Waals surface area contributed by atoms with E-state index in [1.165, 1.54) is 12.0 Å². The highest BCUT2D eigenvalue weighted by Gasteiger charge is 2.28. The fraction of sp³-hybridized carbons (Fsp3) is 0.889. The normalized spacial score (nSPS) is 11.6. The summed E-state index contributed by atoms with van der Waals surface area (Å²) in [4.78, 5) is 12.8. The Morgan fingerprint density at radius 1 is 1.35 bits per heavy atom. The number of hydrogen-bond acceptors (Lipinski definition) is 4. The number of carbonyl (C=O) groups excluding carboxylic acids is 1. The molecule has 0 aliphatic carbocycles. The SMILES string of the molecule is COCCN(CCN)C(=O)COCC(F)(F)F. The number of alkyl halides is 3. The zero-order valence-corrected chi connectivity index (χ0v) is 9.63. The van der Waals surface area contributed by atoms with E-state index in [9.17, 15) is 18.0 Å². The summed E-state index contributed by atoms with van der Waals surface area (Å²) >= 11 is 0. The molecule has 0 heterocycles. The van der Waals surface area contributed by atoms with Crippen molar-refractivity contribution in [3.05, 3.63) is 0 Å². The van der Waals surface area contributed by atoms with Crippen molar-refractivity contribution in [3.8, 4) is 0 Å². The summed E-state index contributed by atoms with van der Waals surface area (Å²) in [5, 5.41) is 0. The zero-order chi connectivity index (χ0) is 13.3. The molecule has 0 aliphatic rings. The van der Waals surface area contributed by atoms with E-state index in [4.69, 9.17) is 10.5 Å². The lowest BCUT2D eigenvalue weighted by Gasteiger charge is -2.21. The largest absolute Gasteiger partial charge is 0.411 e.